The van der Waals surface area contributed by atoms with Crippen molar-refractivity contribution in [3.63, 3.8) is 0 Å². The second kappa shape index (κ2) is 16.2. The van der Waals surface area contributed by atoms with Crippen molar-refractivity contribution in [2.45, 2.75) is 96.3 Å². The number of hydrogen-bond acceptors (Lipinski definition) is 5. The highest BCUT2D eigenvalue weighted by Crippen LogP contribution is 2.28. The van der Waals surface area contributed by atoms with Gasteiger partial charge in [-0.25, -0.2) is 4.39 Å². The SMILES string of the molecule is CCCC(C(C)NC)C(C(=O)NCC1CCC(F)CC1)N(CC1CCOCC1)C(=O)CCc1ccc(O)cc1. The minimum atomic E-state index is -0.726. The van der Waals surface area contributed by atoms with Crippen molar-refractivity contribution < 1.29 is 23.8 Å². The van der Waals surface area contributed by atoms with E-state index in [-0.39, 0.29) is 35.4 Å². The van der Waals surface area contributed by atoms with Gasteiger partial charge in [0, 0.05) is 44.7 Å². The van der Waals surface area contributed by atoms with Crippen LogP contribution in [0.25, 0.3) is 0 Å². The van der Waals surface area contributed by atoms with E-state index >= 15 is 0 Å². The van der Waals surface area contributed by atoms with E-state index in [1.54, 1.807) is 12.1 Å². The Morgan fingerprint density at radius 1 is 1.08 bits per heavy atom. The second-order valence-electron chi connectivity index (χ2n) is 11.6. The van der Waals surface area contributed by atoms with Crippen LogP contribution in [0.4, 0.5) is 4.39 Å². The highest BCUT2D eigenvalue weighted by Gasteiger charge is 2.39. The van der Waals surface area contributed by atoms with Crippen LogP contribution in [0.2, 0.25) is 0 Å². The number of carbonyl (C=O) groups is 2. The molecule has 8 heteroatoms. The standard InChI is InChI=1S/C31H50FN3O4/c1-4-5-28(22(2)33-3)30(31(38)34-20-24-6-11-26(32)12-7-24)35(21-25-16-18-39-19-17-25)29(37)15-10-23-8-13-27(36)14-9-23/h8-9,13-14,22,24-26,28,30,33,36H,4-7,10-12,15-21H2,1-3H3,(H,34,38). The van der Waals surface area contributed by atoms with Gasteiger partial charge in [-0.1, -0.05) is 25.5 Å². The largest absolute Gasteiger partial charge is 0.508 e. The lowest BCUT2D eigenvalue weighted by Crippen LogP contribution is -2.58. The molecule has 1 aromatic carbocycles. The van der Waals surface area contributed by atoms with Crippen molar-refractivity contribution in [2.75, 3.05) is 33.4 Å². The molecule has 39 heavy (non-hydrogen) atoms. The molecule has 0 spiro atoms. The number of amides is 2. The van der Waals surface area contributed by atoms with Crippen LogP contribution in [0.3, 0.4) is 0 Å². The number of benzene rings is 1. The van der Waals surface area contributed by atoms with Gasteiger partial charge in [-0.15, -0.1) is 0 Å². The Kier molecular flexibility index (Phi) is 13.0. The number of phenolic OH excluding ortho intramolecular Hbond substituents is 1. The molecule has 220 valence electrons. The summed E-state index contributed by atoms with van der Waals surface area (Å²) in [6.07, 6.45) is 6.30. The molecule has 0 bridgehead atoms. The second-order valence-corrected chi connectivity index (χ2v) is 11.6. The fourth-order valence-corrected chi connectivity index (χ4v) is 6.11. The molecule has 2 fully saturated rings. The van der Waals surface area contributed by atoms with Gasteiger partial charge >= 0.3 is 0 Å². The monoisotopic (exact) mass is 547 g/mol. The first-order valence-corrected chi connectivity index (χ1v) is 15.1. The fourth-order valence-electron chi connectivity index (χ4n) is 6.11. The molecule has 3 rings (SSSR count). The van der Waals surface area contributed by atoms with Gasteiger partial charge in [0.2, 0.25) is 11.8 Å². The number of rotatable bonds is 14. The number of nitrogens with one attached hydrogen (secondary N) is 2. The molecule has 1 aromatic rings. The van der Waals surface area contributed by atoms with Crippen molar-refractivity contribution in [2.24, 2.45) is 17.8 Å². The first kappa shape index (κ1) is 31.3. The number of carbonyl (C=O) groups excluding carboxylic acids is 2. The summed E-state index contributed by atoms with van der Waals surface area (Å²) in [6, 6.07) is 6.41. The van der Waals surface area contributed by atoms with Gasteiger partial charge in [0.1, 0.15) is 18.0 Å². The molecule has 1 saturated heterocycles. The average molecular weight is 548 g/mol. The number of alkyl halides is 1. The lowest BCUT2D eigenvalue weighted by molar-refractivity contribution is -0.144. The van der Waals surface area contributed by atoms with Crippen LogP contribution in [-0.2, 0) is 20.7 Å². The number of aryl methyl sites for hydroxylation is 1. The zero-order valence-electron chi connectivity index (χ0n) is 24.2. The summed E-state index contributed by atoms with van der Waals surface area (Å²) >= 11 is 0. The first-order valence-electron chi connectivity index (χ1n) is 15.1. The summed E-state index contributed by atoms with van der Waals surface area (Å²) in [7, 11) is 1.91. The molecular formula is C31H50FN3O4. The van der Waals surface area contributed by atoms with Gasteiger partial charge in [-0.2, -0.15) is 0 Å². The zero-order valence-corrected chi connectivity index (χ0v) is 24.2. The normalized spacial score (nSPS) is 22.6. The zero-order chi connectivity index (χ0) is 28.2. The van der Waals surface area contributed by atoms with Gasteiger partial charge in [-0.3, -0.25) is 9.59 Å². The quantitative estimate of drug-likeness (QED) is 0.316. The van der Waals surface area contributed by atoms with Crippen LogP contribution in [0.1, 0.15) is 77.2 Å². The third-order valence-electron chi connectivity index (χ3n) is 8.75. The Hall–Kier alpha value is -2.19. The number of ether oxygens (including phenoxy) is 1. The van der Waals surface area contributed by atoms with Gasteiger partial charge in [0.15, 0.2) is 0 Å². The lowest BCUT2D eigenvalue weighted by atomic mass is 9.84. The lowest BCUT2D eigenvalue weighted by Gasteiger charge is -2.41. The third kappa shape index (κ3) is 9.75. The van der Waals surface area contributed by atoms with Crippen LogP contribution >= 0.6 is 0 Å². The van der Waals surface area contributed by atoms with E-state index in [0.29, 0.717) is 57.9 Å². The van der Waals surface area contributed by atoms with Crippen molar-refractivity contribution in [3.05, 3.63) is 29.8 Å². The highest BCUT2D eigenvalue weighted by molar-refractivity contribution is 5.88. The molecule has 1 aliphatic heterocycles. The average Bonchev–Trinajstić information content (AvgIpc) is 2.95. The van der Waals surface area contributed by atoms with E-state index in [9.17, 15) is 19.1 Å². The number of halogens is 1. The van der Waals surface area contributed by atoms with Crippen LogP contribution < -0.4 is 10.6 Å². The van der Waals surface area contributed by atoms with Gasteiger partial charge in [-0.05, 0) is 94.9 Å². The number of nitrogens with zero attached hydrogens (tertiary/aromatic N) is 1. The Labute approximate surface area is 234 Å². The summed E-state index contributed by atoms with van der Waals surface area (Å²) in [4.78, 5) is 29.9. The van der Waals surface area contributed by atoms with E-state index in [4.69, 9.17) is 4.74 Å². The molecule has 3 atom stereocenters. The van der Waals surface area contributed by atoms with Crippen molar-refractivity contribution in [1.82, 2.24) is 15.5 Å². The molecule has 0 aromatic heterocycles. The summed E-state index contributed by atoms with van der Waals surface area (Å²) in [6.45, 7) is 6.65. The molecule has 0 radical (unpaired) electrons. The fraction of sp³-hybridized carbons (Fsp3) is 0.742. The topological polar surface area (TPSA) is 90.9 Å². The summed E-state index contributed by atoms with van der Waals surface area (Å²) < 4.78 is 19.3. The Morgan fingerprint density at radius 3 is 2.36 bits per heavy atom. The molecule has 2 aliphatic rings. The maximum atomic E-state index is 14.0. The molecule has 1 saturated carbocycles. The molecule has 3 unspecified atom stereocenters. The van der Waals surface area contributed by atoms with Gasteiger partial charge in [0.25, 0.3) is 0 Å². The van der Waals surface area contributed by atoms with Crippen molar-refractivity contribution in [3.8, 4) is 5.75 Å². The Morgan fingerprint density at radius 2 is 1.74 bits per heavy atom. The minimum absolute atomic E-state index is 0.0166. The van der Waals surface area contributed by atoms with E-state index in [2.05, 4.69) is 24.5 Å². The molecule has 3 N–H and O–H groups in total. The highest BCUT2D eigenvalue weighted by atomic mass is 19.1. The maximum absolute atomic E-state index is 14.0. The predicted octanol–water partition coefficient (Wildman–Crippen LogP) is 4.62. The summed E-state index contributed by atoms with van der Waals surface area (Å²) in [5, 5.41) is 16.2. The van der Waals surface area contributed by atoms with Crippen molar-refractivity contribution in [1.29, 1.82) is 0 Å². The molecule has 1 aliphatic carbocycles. The van der Waals surface area contributed by atoms with E-state index < -0.39 is 12.2 Å². The minimum Gasteiger partial charge on any atom is -0.508 e. The number of hydrogen-bond donors (Lipinski definition) is 3. The first-order chi connectivity index (χ1) is 18.8. The molecule has 1 heterocycles. The molecular weight excluding hydrogens is 497 g/mol. The summed E-state index contributed by atoms with van der Waals surface area (Å²) in [5.41, 5.74) is 0.977. The summed E-state index contributed by atoms with van der Waals surface area (Å²) in [5.74, 6) is 0.617. The smallest absolute Gasteiger partial charge is 0.243 e. The van der Waals surface area contributed by atoms with Crippen LogP contribution in [0.15, 0.2) is 24.3 Å². The maximum Gasteiger partial charge on any atom is 0.243 e. The van der Waals surface area contributed by atoms with Crippen LogP contribution in [0.5, 0.6) is 5.75 Å². The van der Waals surface area contributed by atoms with Crippen LogP contribution in [-0.4, -0.2) is 73.4 Å². The third-order valence-corrected chi connectivity index (χ3v) is 8.75. The Bertz CT molecular complexity index is 869. The number of phenols is 1. The van der Waals surface area contributed by atoms with Gasteiger partial charge < -0.3 is 25.4 Å². The van der Waals surface area contributed by atoms with E-state index in [0.717, 1.165) is 44.1 Å². The van der Waals surface area contributed by atoms with Crippen molar-refractivity contribution >= 4 is 11.8 Å². The van der Waals surface area contributed by atoms with E-state index in [1.807, 2.05) is 24.1 Å². The molecule has 2 amide bonds. The van der Waals surface area contributed by atoms with E-state index in [1.165, 1.54) is 0 Å². The Balaban J connectivity index is 1.84. The predicted molar refractivity (Wildman–Crippen MR) is 152 cm³/mol. The van der Waals surface area contributed by atoms with Gasteiger partial charge in [0.05, 0.1) is 0 Å². The number of aromatic hydroxyl groups is 1. The van der Waals surface area contributed by atoms with Crippen LogP contribution in [0, 0.1) is 17.8 Å². The molecule has 7 nitrogen and oxygen atoms in total.